The van der Waals surface area contributed by atoms with Gasteiger partial charge in [0.25, 0.3) is 0 Å². The molecule has 2 rings (SSSR count). The SMILES string of the molecule is O=C(O)C1COCCN1CCC1CC1. The number of aliphatic carboxylic acids is 1. The fourth-order valence-electron chi connectivity index (χ4n) is 1.89. The van der Waals surface area contributed by atoms with Crippen LogP contribution >= 0.6 is 0 Å². The fraction of sp³-hybridized carbons (Fsp3) is 0.900. The normalized spacial score (nSPS) is 29.0. The highest BCUT2D eigenvalue weighted by Gasteiger charge is 2.30. The van der Waals surface area contributed by atoms with Gasteiger partial charge in [-0.1, -0.05) is 12.8 Å². The maximum atomic E-state index is 10.9. The summed E-state index contributed by atoms with van der Waals surface area (Å²) in [5.74, 6) is 0.118. The van der Waals surface area contributed by atoms with Crippen molar-refractivity contribution in [3.63, 3.8) is 0 Å². The lowest BCUT2D eigenvalue weighted by Crippen LogP contribution is -2.50. The molecule has 80 valence electrons. The maximum absolute atomic E-state index is 10.9. The van der Waals surface area contributed by atoms with E-state index in [0.29, 0.717) is 13.2 Å². The summed E-state index contributed by atoms with van der Waals surface area (Å²) in [5.41, 5.74) is 0. The summed E-state index contributed by atoms with van der Waals surface area (Å²) in [6.45, 7) is 2.71. The first kappa shape index (κ1) is 9.93. The molecule has 1 saturated heterocycles. The van der Waals surface area contributed by atoms with Gasteiger partial charge in [0.1, 0.15) is 6.04 Å². The van der Waals surface area contributed by atoms with Crippen molar-refractivity contribution in [3.8, 4) is 0 Å². The number of carboxylic acid groups (broad SMARTS) is 1. The van der Waals surface area contributed by atoms with Crippen molar-refractivity contribution in [1.82, 2.24) is 4.90 Å². The number of ether oxygens (including phenoxy) is 1. The Morgan fingerprint density at radius 3 is 2.93 bits per heavy atom. The van der Waals surface area contributed by atoms with Crippen LogP contribution in [0.5, 0.6) is 0 Å². The van der Waals surface area contributed by atoms with E-state index in [2.05, 4.69) is 0 Å². The van der Waals surface area contributed by atoms with Gasteiger partial charge >= 0.3 is 5.97 Å². The predicted molar refractivity (Wildman–Crippen MR) is 51.2 cm³/mol. The minimum atomic E-state index is -0.750. The Kier molecular flexibility index (Phi) is 3.03. The smallest absolute Gasteiger partial charge is 0.323 e. The molecule has 0 aromatic rings. The quantitative estimate of drug-likeness (QED) is 0.719. The first-order valence-electron chi connectivity index (χ1n) is 5.32. The molecule has 4 nitrogen and oxygen atoms in total. The van der Waals surface area contributed by atoms with Crippen molar-refractivity contribution in [2.45, 2.75) is 25.3 Å². The molecule has 0 aromatic carbocycles. The van der Waals surface area contributed by atoms with Gasteiger partial charge in [0.2, 0.25) is 0 Å². The van der Waals surface area contributed by atoms with E-state index in [4.69, 9.17) is 9.84 Å². The van der Waals surface area contributed by atoms with E-state index in [1.807, 2.05) is 4.90 Å². The predicted octanol–water partition coefficient (Wildman–Crippen LogP) is 0.572. The van der Waals surface area contributed by atoms with Gasteiger partial charge in [0.05, 0.1) is 13.2 Å². The topological polar surface area (TPSA) is 49.8 Å². The highest BCUT2D eigenvalue weighted by Crippen LogP contribution is 2.32. The van der Waals surface area contributed by atoms with Crippen LogP contribution in [-0.2, 0) is 9.53 Å². The van der Waals surface area contributed by atoms with Gasteiger partial charge in [-0.2, -0.15) is 0 Å². The van der Waals surface area contributed by atoms with Crippen LogP contribution in [0.25, 0.3) is 0 Å². The van der Waals surface area contributed by atoms with Crippen molar-refractivity contribution < 1.29 is 14.6 Å². The van der Waals surface area contributed by atoms with Gasteiger partial charge in [-0.15, -0.1) is 0 Å². The van der Waals surface area contributed by atoms with E-state index in [0.717, 1.165) is 25.4 Å². The van der Waals surface area contributed by atoms with E-state index in [1.165, 1.54) is 12.8 Å². The minimum absolute atomic E-state index is 0.347. The van der Waals surface area contributed by atoms with Crippen LogP contribution in [0.3, 0.4) is 0 Å². The second kappa shape index (κ2) is 4.28. The van der Waals surface area contributed by atoms with Crippen LogP contribution in [0.15, 0.2) is 0 Å². The zero-order valence-corrected chi connectivity index (χ0v) is 8.32. The molecule has 2 fully saturated rings. The van der Waals surface area contributed by atoms with E-state index < -0.39 is 12.0 Å². The standard InChI is InChI=1S/C10H17NO3/c12-10(13)9-7-14-6-5-11(9)4-3-8-1-2-8/h8-9H,1-7H2,(H,12,13). The number of hydrogen-bond acceptors (Lipinski definition) is 3. The molecule has 1 aliphatic heterocycles. The van der Waals surface area contributed by atoms with Crippen molar-refractivity contribution in [3.05, 3.63) is 0 Å². The molecule has 1 heterocycles. The molecule has 14 heavy (non-hydrogen) atoms. The number of carbonyl (C=O) groups is 1. The Bertz CT molecular complexity index is 215. The fourth-order valence-corrected chi connectivity index (χ4v) is 1.89. The van der Waals surface area contributed by atoms with Gasteiger partial charge in [-0.3, -0.25) is 9.69 Å². The van der Waals surface area contributed by atoms with Crippen LogP contribution in [0.4, 0.5) is 0 Å². The van der Waals surface area contributed by atoms with Crippen LogP contribution in [0.1, 0.15) is 19.3 Å². The first-order chi connectivity index (χ1) is 6.77. The Balaban J connectivity index is 1.81. The minimum Gasteiger partial charge on any atom is -0.480 e. The van der Waals surface area contributed by atoms with E-state index in [1.54, 1.807) is 0 Å². The number of nitrogens with zero attached hydrogens (tertiary/aromatic N) is 1. The molecule has 0 spiro atoms. The van der Waals surface area contributed by atoms with Gasteiger partial charge in [0.15, 0.2) is 0 Å². The van der Waals surface area contributed by atoms with Gasteiger partial charge in [-0.25, -0.2) is 0 Å². The second-order valence-electron chi connectivity index (χ2n) is 4.20. The summed E-state index contributed by atoms with van der Waals surface area (Å²) in [7, 11) is 0. The third-order valence-corrected chi connectivity index (χ3v) is 3.05. The Morgan fingerprint density at radius 1 is 1.50 bits per heavy atom. The molecule has 1 atom stereocenters. The lowest BCUT2D eigenvalue weighted by Gasteiger charge is -2.32. The van der Waals surface area contributed by atoms with E-state index in [9.17, 15) is 4.79 Å². The summed E-state index contributed by atoms with van der Waals surface area (Å²) in [5, 5.41) is 8.97. The molecular weight excluding hydrogens is 182 g/mol. The number of rotatable bonds is 4. The van der Waals surface area contributed by atoms with Gasteiger partial charge < -0.3 is 9.84 Å². The largest absolute Gasteiger partial charge is 0.480 e. The lowest BCUT2D eigenvalue weighted by atomic mass is 10.2. The molecule has 1 aliphatic carbocycles. The molecule has 0 aromatic heterocycles. The van der Waals surface area contributed by atoms with Gasteiger partial charge in [-0.05, 0) is 18.9 Å². The van der Waals surface area contributed by atoms with E-state index in [-0.39, 0.29) is 0 Å². The van der Waals surface area contributed by atoms with E-state index >= 15 is 0 Å². The van der Waals surface area contributed by atoms with Gasteiger partial charge in [0, 0.05) is 6.54 Å². The molecule has 2 aliphatic rings. The van der Waals surface area contributed by atoms with Crippen molar-refractivity contribution >= 4 is 5.97 Å². The third-order valence-electron chi connectivity index (χ3n) is 3.05. The summed E-state index contributed by atoms with van der Waals surface area (Å²) >= 11 is 0. The molecule has 0 radical (unpaired) electrons. The Morgan fingerprint density at radius 2 is 2.29 bits per heavy atom. The molecule has 1 unspecified atom stereocenters. The summed E-state index contributed by atoms with van der Waals surface area (Å²) in [4.78, 5) is 12.9. The van der Waals surface area contributed by atoms with Crippen molar-refractivity contribution in [1.29, 1.82) is 0 Å². The second-order valence-corrected chi connectivity index (χ2v) is 4.20. The monoisotopic (exact) mass is 199 g/mol. The van der Waals surface area contributed by atoms with Crippen LogP contribution in [0, 0.1) is 5.92 Å². The highest BCUT2D eigenvalue weighted by molar-refractivity contribution is 5.73. The summed E-state index contributed by atoms with van der Waals surface area (Å²) in [6.07, 6.45) is 3.83. The highest BCUT2D eigenvalue weighted by atomic mass is 16.5. The number of hydrogen-bond donors (Lipinski definition) is 1. The third kappa shape index (κ3) is 2.45. The molecule has 1 saturated carbocycles. The van der Waals surface area contributed by atoms with Crippen molar-refractivity contribution in [2.24, 2.45) is 5.92 Å². The zero-order chi connectivity index (χ0) is 9.97. The van der Waals surface area contributed by atoms with Crippen molar-refractivity contribution in [2.75, 3.05) is 26.3 Å². The lowest BCUT2D eigenvalue weighted by molar-refractivity contribution is -0.149. The van der Waals surface area contributed by atoms with Crippen LogP contribution < -0.4 is 0 Å². The summed E-state index contributed by atoms with van der Waals surface area (Å²) < 4.78 is 5.17. The molecule has 4 heteroatoms. The maximum Gasteiger partial charge on any atom is 0.323 e. The Hall–Kier alpha value is -0.610. The molecule has 1 N–H and O–H groups in total. The molecule has 0 bridgehead atoms. The van der Waals surface area contributed by atoms with Crippen LogP contribution in [-0.4, -0.2) is 48.3 Å². The average Bonchev–Trinajstić information content (AvgIpc) is 2.98. The Labute approximate surface area is 83.8 Å². The molecular formula is C10H17NO3. The zero-order valence-electron chi connectivity index (χ0n) is 8.32. The number of morpholine rings is 1. The van der Waals surface area contributed by atoms with Crippen LogP contribution in [0.2, 0.25) is 0 Å². The number of carboxylic acids is 1. The summed E-state index contributed by atoms with van der Waals surface area (Å²) in [6, 6.07) is -0.414. The first-order valence-corrected chi connectivity index (χ1v) is 5.32. The average molecular weight is 199 g/mol. The molecule has 0 amide bonds.